The van der Waals surface area contributed by atoms with Gasteiger partial charge in [0.25, 0.3) is 0 Å². The lowest BCUT2D eigenvalue weighted by atomic mass is 10.4. The molecule has 0 aromatic carbocycles. The smallest absolute Gasteiger partial charge is 0.233 e. The van der Waals surface area contributed by atoms with E-state index in [1.165, 1.54) is 12.4 Å². The van der Waals surface area contributed by atoms with E-state index in [4.69, 9.17) is 0 Å². The Morgan fingerprint density at radius 1 is 1.11 bits per heavy atom. The molecule has 0 saturated carbocycles. The van der Waals surface area contributed by atoms with Gasteiger partial charge < -0.3 is 10.6 Å². The molecule has 1 rings (SSSR count). The van der Waals surface area contributed by atoms with Crippen LogP contribution in [0.3, 0.4) is 0 Å². The van der Waals surface area contributed by atoms with Crippen LogP contribution in [-0.4, -0.2) is 11.8 Å². The van der Waals surface area contributed by atoms with Crippen molar-refractivity contribution >= 4 is 11.8 Å². The zero-order valence-corrected chi connectivity index (χ0v) is 4.68. The van der Waals surface area contributed by atoms with E-state index in [1.807, 2.05) is 0 Å². The molecule has 4 nitrogen and oxygen atoms in total. The fourth-order valence-corrected chi connectivity index (χ4v) is 0.517. The Kier molecular flexibility index (Phi) is 1.48. The predicted molar refractivity (Wildman–Crippen MR) is 30.0 cm³/mol. The third kappa shape index (κ3) is 1.56. The summed E-state index contributed by atoms with van der Waals surface area (Å²) in [4.78, 5) is 20.9. The Balaban J connectivity index is 2.60. The van der Waals surface area contributed by atoms with Gasteiger partial charge in [-0.3, -0.25) is 9.59 Å². The normalized spacial score (nSPS) is 18.2. The fraction of sp³-hybridized carbons (Fsp3) is 0.200. The van der Waals surface area contributed by atoms with Crippen molar-refractivity contribution in [3.8, 4) is 0 Å². The van der Waals surface area contributed by atoms with Gasteiger partial charge in [-0.15, -0.1) is 0 Å². The molecule has 0 radical (unpaired) electrons. The van der Waals surface area contributed by atoms with E-state index in [-0.39, 0.29) is 18.2 Å². The molecule has 0 aromatic heterocycles. The van der Waals surface area contributed by atoms with Gasteiger partial charge in [0.1, 0.15) is 6.42 Å². The second-order valence-electron chi connectivity index (χ2n) is 1.65. The van der Waals surface area contributed by atoms with Crippen LogP contribution in [0.2, 0.25) is 0 Å². The minimum Gasteiger partial charge on any atom is -0.331 e. The Labute approximate surface area is 51.9 Å². The maximum Gasteiger partial charge on any atom is 0.233 e. The number of amides is 2. The summed E-state index contributed by atoms with van der Waals surface area (Å²) in [7, 11) is 0. The lowest BCUT2D eigenvalue weighted by Gasteiger charge is -1.90. The summed E-state index contributed by atoms with van der Waals surface area (Å²) >= 11 is 0. The highest BCUT2D eigenvalue weighted by atomic mass is 16.2. The molecule has 0 unspecified atom stereocenters. The molecule has 1 aliphatic heterocycles. The van der Waals surface area contributed by atoms with Crippen molar-refractivity contribution in [2.24, 2.45) is 0 Å². The summed E-state index contributed by atoms with van der Waals surface area (Å²) < 4.78 is 0. The van der Waals surface area contributed by atoms with E-state index in [0.717, 1.165) is 0 Å². The Bertz CT molecular complexity index is 156. The Morgan fingerprint density at radius 3 is 2.00 bits per heavy atom. The highest BCUT2D eigenvalue weighted by molar-refractivity contribution is 5.98. The van der Waals surface area contributed by atoms with Crippen LogP contribution in [0.4, 0.5) is 0 Å². The molecule has 1 aliphatic rings. The molecule has 1 heterocycles. The number of hydrogen-bond acceptors (Lipinski definition) is 2. The van der Waals surface area contributed by atoms with Crippen LogP contribution < -0.4 is 10.6 Å². The summed E-state index contributed by atoms with van der Waals surface area (Å²) in [5.41, 5.74) is 0. The SMILES string of the molecule is O=C1CC(=O)NC=CN1. The van der Waals surface area contributed by atoms with Crippen LogP contribution in [0.25, 0.3) is 0 Å². The Morgan fingerprint density at radius 2 is 1.56 bits per heavy atom. The highest BCUT2D eigenvalue weighted by Gasteiger charge is 2.07. The van der Waals surface area contributed by atoms with Crippen LogP contribution in [0.5, 0.6) is 0 Å². The van der Waals surface area contributed by atoms with Gasteiger partial charge in [0.05, 0.1) is 0 Å². The molecule has 4 heteroatoms. The van der Waals surface area contributed by atoms with Crippen LogP contribution in [-0.2, 0) is 9.59 Å². The molecule has 2 N–H and O–H groups in total. The molecule has 0 aliphatic carbocycles. The summed E-state index contributed by atoms with van der Waals surface area (Å²) in [6, 6.07) is 0. The molecule has 0 aromatic rings. The van der Waals surface area contributed by atoms with Gasteiger partial charge in [-0.1, -0.05) is 0 Å². The zero-order valence-electron chi connectivity index (χ0n) is 4.68. The average Bonchev–Trinajstić information content (AvgIpc) is 1.93. The third-order valence-electron chi connectivity index (χ3n) is 0.893. The van der Waals surface area contributed by atoms with E-state index in [1.54, 1.807) is 0 Å². The van der Waals surface area contributed by atoms with E-state index in [0.29, 0.717) is 0 Å². The Hall–Kier alpha value is -1.32. The first-order valence-corrected chi connectivity index (χ1v) is 2.53. The van der Waals surface area contributed by atoms with Gasteiger partial charge in [-0.2, -0.15) is 0 Å². The second kappa shape index (κ2) is 2.30. The molecule has 48 valence electrons. The zero-order chi connectivity index (χ0) is 6.69. The van der Waals surface area contributed by atoms with Crippen molar-refractivity contribution < 1.29 is 9.59 Å². The molecule has 9 heavy (non-hydrogen) atoms. The quantitative estimate of drug-likeness (QED) is 0.413. The van der Waals surface area contributed by atoms with E-state index < -0.39 is 0 Å². The molecule has 0 bridgehead atoms. The summed E-state index contributed by atoms with van der Waals surface area (Å²) in [5.74, 6) is -0.553. The van der Waals surface area contributed by atoms with Crippen molar-refractivity contribution in [3.63, 3.8) is 0 Å². The predicted octanol–water partition coefficient (Wildman–Crippen LogP) is -0.906. The van der Waals surface area contributed by atoms with Crippen molar-refractivity contribution in [1.82, 2.24) is 10.6 Å². The van der Waals surface area contributed by atoms with Crippen LogP contribution in [0.1, 0.15) is 6.42 Å². The molecular formula is C5H6N2O2. The fourth-order valence-electron chi connectivity index (χ4n) is 0.517. The average molecular weight is 126 g/mol. The van der Waals surface area contributed by atoms with Gasteiger partial charge in [0.2, 0.25) is 11.8 Å². The van der Waals surface area contributed by atoms with Crippen molar-refractivity contribution in [3.05, 3.63) is 12.4 Å². The van der Waals surface area contributed by atoms with Crippen LogP contribution >= 0.6 is 0 Å². The first-order valence-electron chi connectivity index (χ1n) is 2.53. The number of rotatable bonds is 0. The maximum absolute atomic E-state index is 10.5. The topological polar surface area (TPSA) is 58.2 Å². The van der Waals surface area contributed by atoms with Crippen molar-refractivity contribution in [2.45, 2.75) is 6.42 Å². The van der Waals surface area contributed by atoms with Crippen LogP contribution in [0.15, 0.2) is 12.4 Å². The minimum atomic E-state index is -0.277. The van der Waals surface area contributed by atoms with Gasteiger partial charge in [0.15, 0.2) is 0 Å². The van der Waals surface area contributed by atoms with Gasteiger partial charge in [0, 0.05) is 12.4 Å². The highest BCUT2D eigenvalue weighted by Crippen LogP contribution is 1.83. The van der Waals surface area contributed by atoms with E-state index >= 15 is 0 Å². The first kappa shape index (κ1) is 5.81. The van der Waals surface area contributed by atoms with Gasteiger partial charge >= 0.3 is 0 Å². The standard InChI is InChI=1S/C5H6N2O2/c8-4-3-5(9)7-2-1-6-4/h1-2H,3H2,(H,6,8)(H,7,9). The molecule has 2 amide bonds. The number of hydrogen-bond donors (Lipinski definition) is 2. The summed E-state index contributed by atoms with van der Waals surface area (Å²) in [6.07, 6.45) is 2.70. The maximum atomic E-state index is 10.5. The first-order chi connectivity index (χ1) is 4.29. The molecule has 0 fully saturated rings. The van der Waals surface area contributed by atoms with Crippen molar-refractivity contribution in [2.75, 3.05) is 0 Å². The third-order valence-corrected chi connectivity index (χ3v) is 0.893. The number of carbonyl (C=O) groups is 2. The van der Waals surface area contributed by atoms with Gasteiger partial charge in [-0.25, -0.2) is 0 Å². The molecule has 0 spiro atoms. The van der Waals surface area contributed by atoms with E-state index in [2.05, 4.69) is 10.6 Å². The summed E-state index contributed by atoms with van der Waals surface area (Å²) in [6.45, 7) is 0. The summed E-state index contributed by atoms with van der Waals surface area (Å²) in [5, 5.41) is 4.74. The number of nitrogens with one attached hydrogen (secondary N) is 2. The van der Waals surface area contributed by atoms with Crippen LogP contribution in [0, 0.1) is 0 Å². The largest absolute Gasteiger partial charge is 0.331 e. The minimum absolute atomic E-state index is 0.0903. The molecule has 0 saturated heterocycles. The lowest BCUT2D eigenvalue weighted by Crippen LogP contribution is -2.21. The molecular weight excluding hydrogens is 120 g/mol. The monoisotopic (exact) mass is 126 g/mol. The molecule has 0 atom stereocenters. The second-order valence-corrected chi connectivity index (χ2v) is 1.65. The van der Waals surface area contributed by atoms with E-state index in [9.17, 15) is 9.59 Å². The van der Waals surface area contributed by atoms with Crippen molar-refractivity contribution in [1.29, 1.82) is 0 Å². The lowest BCUT2D eigenvalue weighted by molar-refractivity contribution is -0.127. The number of carbonyl (C=O) groups excluding carboxylic acids is 2. The van der Waals surface area contributed by atoms with Gasteiger partial charge in [-0.05, 0) is 0 Å².